The summed E-state index contributed by atoms with van der Waals surface area (Å²) in [7, 11) is 0. The average Bonchev–Trinajstić information content (AvgIpc) is 2.87. The Morgan fingerprint density at radius 3 is 2.60 bits per heavy atom. The number of rotatable bonds is 1. The fourth-order valence-electron chi connectivity index (χ4n) is 7.52. The summed E-state index contributed by atoms with van der Waals surface area (Å²) in [5.41, 5.74) is -0.275. The van der Waals surface area contributed by atoms with Gasteiger partial charge < -0.3 is 4.74 Å². The molecule has 0 bridgehead atoms. The summed E-state index contributed by atoms with van der Waals surface area (Å²) in [5, 5.41) is 0. The molecule has 7 atom stereocenters. The normalized spacial score (nSPS) is 51.0. The Balaban J connectivity index is 1.67. The molecule has 136 valence electrons. The van der Waals surface area contributed by atoms with Crippen LogP contribution < -0.4 is 0 Å². The van der Waals surface area contributed by atoms with E-state index in [0.29, 0.717) is 11.3 Å². The van der Waals surface area contributed by atoms with Gasteiger partial charge in [-0.05, 0) is 80.5 Å². The van der Waals surface area contributed by atoms with Gasteiger partial charge in [0.25, 0.3) is 0 Å². The van der Waals surface area contributed by atoms with Gasteiger partial charge in [-0.15, -0.1) is 6.42 Å². The van der Waals surface area contributed by atoms with Crippen molar-refractivity contribution in [3.8, 4) is 12.3 Å². The Morgan fingerprint density at radius 1 is 1.12 bits per heavy atom. The predicted molar refractivity (Wildman–Crippen MR) is 99.6 cm³/mol. The number of esters is 1. The lowest BCUT2D eigenvalue weighted by atomic mass is 9.45. The van der Waals surface area contributed by atoms with Gasteiger partial charge in [0, 0.05) is 12.3 Å². The monoisotopic (exact) mass is 340 g/mol. The molecular weight excluding hydrogens is 308 g/mol. The van der Waals surface area contributed by atoms with Crippen molar-refractivity contribution < 1.29 is 9.53 Å². The third-order valence-electron chi connectivity index (χ3n) is 8.88. The molecular formula is C23H32O2. The molecule has 0 saturated heterocycles. The zero-order valence-electron chi connectivity index (χ0n) is 16.0. The number of carbonyl (C=O) groups is 1. The van der Waals surface area contributed by atoms with E-state index < -0.39 is 5.60 Å². The van der Waals surface area contributed by atoms with Crippen LogP contribution >= 0.6 is 0 Å². The Morgan fingerprint density at radius 2 is 1.88 bits per heavy atom. The molecule has 0 aromatic carbocycles. The van der Waals surface area contributed by atoms with Gasteiger partial charge >= 0.3 is 5.97 Å². The van der Waals surface area contributed by atoms with Crippen molar-refractivity contribution in [3.63, 3.8) is 0 Å². The van der Waals surface area contributed by atoms with Gasteiger partial charge in [-0.3, -0.25) is 4.79 Å². The third kappa shape index (κ3) is 2.20. The first-order valence-corrected chi connectivity index (χ1v) is 10.2. The van der Waals surface area contributed by atoms with Gasteiger partial charge in [-0.1, -0.05) is 31.9 Å². The Labute approximate surface area is 152 Å². The molecule has 3 fully saturated rings. The molecule has 4 aliphatic carbocycles. The molecule has 3 saturated carbocycles. The van der Waals surface area contributed by atoms with Crippen LogP contribution in [0.15, 0.2) is 12.2 Å². The zero-order chi connectivity index (χ0) is 17.9. The van der Waals surface area contributed by atoms with E-state index in [2.05, 4.69) is 31.9 Å². The van der Waals surface area contributed by atoms with Crippen LogP contribution in [0.4, 0.5) is 0 Å². The molecule has 0 unspecified atom stereocenters. The highest BCUT2D eigenvalue weighted by molar-refractivity contribution is 5.67. The Hall–Kier alpha value is -1.23. The number of hydrogen-bond donors (Lipinski definition) is 0. The summed E-state index contributed by atoms with van der Waals surface area (Å²) in [6, 6.07) is 0. The molecule has 0 aromatic heterocycles. The summed E-state index contributed by atoms with van der Waals surface area (Å²) < 4.78 is 5.85. The highest BCUT2D eigenvalue weighted by Crippen LogP contribution is 2.68. The van der Waals surface area contributed by atoms with Crippen LogP contribution in [0.5, 0.6) is 0 Å². The van der Waals surface area contributed by atoms with Crippen molar-refractivity contribution in [2.24, 2.45) is 34.5 Å². The van der Waals surface area contributed by atoms with Gasteiger partial charge in [0.15, 0.2) is 5.60 Å². The smallest absolute Gasteiger partial charge is 0.304 e. The van der Waals surface area contributed by atoms with Gasteiger partial charge in [-0.25, -0.2) is 0 Å². The maximum atomic E-state index is 11.8. The van der Waals surface area contributed by atoms with Crippen molar-refractivity contribution in [1.29, 1.82) is 0 Å². The topological polar surface area (TPSA) is 26.3 Å². The van der Waals surface area contributed by atoms with Crippen LogP contribution in [-0.2, 0) is 9.53 Å². The van der Waals surface area contributed by atoms with Crippen molar-refractivity contribution in [1.82, 2.24) is 0 Å². The molecule has 0 aliphatic heterocycles. The second-order valence-electron chi connectivity index (χ2n) is 9.63. The first-order chi connectivity index (χ1) is 11.9. The quantitative estimate of drug-likeness (QED) is 0.376. The van der Waals surface area contributed by atoms with Crippen molar-refractivity contribution in [3.05, 3.63) is 12.2 Å². The molecule has 2 nitrogen and oxygen atoms in total. The minimum atomic E-state index is -0.682. The lowest BCUT2D eigenvalue weighted by Crippen LogP contribution is -2.56. The van der Waals surface area contributed by atoms with Gasteiger partial charge in [-0.2, -0.15) is 0 Å². The lowest BCUT2D eigenvalue weighted by Gasteiger charge is -2.60. The molecule has 0 radical (unpaired) electrons. The van der Waals surface area contributed by atoms with Crippen LogP contribution in [-0.4, -0.2) is 11.6 Å². The SMILES string of the molecule is C#C[C@]1(OC(C)=O)CC[C@H]2[C@@H]3CC[C@H]4CC=CC[C@]4(C)[C@H]3CC[C@@]21C. The van der Waals surface area contributed by atoms with E-state index in [1.165, 1.54) is 39.0 Å². The summed E-state index contributed by atoms with van der Waals surface area (Å²) in [4.78, 5) is 11.8. The maximum absolute atomic E-state index is 11.8. The zero-order valence-corrected chi connectivity index (χ0v) is 16.0. The van der Waals surface area contributed by atoms with Crippen molar-refractivity contribution in [2.75, 3.05) is 0 Å². The second kappa shape index (κ2) is 5.63. The first-order valence-electron chi connectivity index (χ1n) is 10.2. The van der Waals surface area contributed by atoms with Gasteiger partial charge in [0.05, 0.1) is 0 Å². The van der Waals surface area contributed by atoms with E-state index in [9.17, 15) is 4.79 Å². The molecule has 25 heavy (non-hydrogen) atoms. The van der Waals surface area contributed by atoms with E-state index in [1.807, 2.05) is 0 Å². The minimum absolute atomic E-state index is 0.0533. The number of ether oxygens (including phenoxy) is 1. The van der Waals surface area contributed by atoms with Crippen molar-refractivity contribution in [2.45, 2.75) is 77.7 Å². The molecule has 4 rings (SSSR count). The molecule has 2 heteroatoms. The minimum Gasteiger partial charge on any atom is -0.445 e. The average molecular weight is 341 g/mol. The molecule has 0 amide bonds. The Bertz CT molecular complexity index is 643. The summed E-state index contributed by atoms with van der Waals surface area (Å²) in [6.45, 7) is 6.37. The number of hydrogen-bond acceptors (Lipinski definition) is 2. The van der Waals surface area contributed by atoms with Crippen LogP contribution in [0.25, 0.3) is 0 Å². The molecule has 0 aromatic rings. The molecule has 0 heterocycles. The van der Waals surface area contributed by atoms with E-state index >= 15 is 0 Å². The number of allylic oxidation sites excluding steroid dienone is 2. The van der Waals surface area contributed by atoms with E-state index in [1.54, 1.807) is 0 Å². The maximum Gasteiger partial charge on any atom is 0.304 e. The largest absolute Gasteiger partial charge is 0.445 e. The van der Waals surface area contributed by atoms with Crippen LogP contribution in [0.3, 0.4) is 0 Å². The third-order valence-corrected chi connectivity index (χ3v) is 8.88. The number of terminal acetylenes is 1. The van der Waals surface area contributed by atoms with Crippen LogP contribution in [0, 0.1) is 46.8 Å². The predicted octanol–water partition coefficient (Wildman–Crippen LogP) is 5.13. The highest BCUT2D eigenvalue weighted by atomic mass is 16.6. The molecule has 4 aliphatic rings. The van der Waals surface area contributed by atoms with Gasteiger partial charge in [0.1, 0.15) is 0 Å². The summed E-state index contributed by atoms with van der Waals surface area (Å²) >= 11 is 0. The standard InChI is InChI=1S/C23H32O2/c1-5-23(25-16(2)24)15-12-20-18-10-9-17-8-6-7-13-21(17,3)19(18)11-14-22(20,23)4/h1,6-7,17-20H,8-15H2,2-4H3/t17-,18-,19+,20+,21+,22+,23+/m1/s1. The highest BCUT2D eigenvalue weighted by Gasteiger charge is 2.65. The second-order valence-corrected chi connectivity index (χ2v) is 9.63. The van der Waals surface area contributed by atoms with E-state index in [4.69, 9.17) is 11.2 Å². The molecule has 0 spiro atoms. The number of fused-ring (bicyclic) bond motifs is 5. The van der Waals surface area contributed by atoms with E-state index in [0.717, 1.165) is 37.0 Å². The fraction of sp³-hybridized carbons (Fsp3) is 0.783. The van der Waals surface area contributed by atoms with Crippen LogP contribution in [0.1, 0.15) is 72.1 Å². The van der Waals surface area contributed by atoms with Crippen molar-refractivity contribution >= 4 is 5.97 Å². The molecule has 0 N–H and O–H groups in total. The van der Waals surface area contributed by atoms with Gasteiger partial charge in [0.2, 0.25) is 0 Å². The lowest BCUT2D eigenvalue weighted by molar-refractivity contribution is -0.172. The fourth-order valence-corrected chi connectivity index (χ4v) is 7.52. The summed E-state index contributed by atoms with van der Waals surface area (Å²) in [6.07, 6.45) is 20.3. The first kappa shape index (κ1) is 17.2. The summed E-state index contributed by atoms with van der Waals surface area (Å²) in [5.74, 6) is 5.74. The number of carbonyl (C=O) groups excluding carboxylic acids is 1. The Kier molecular flexibility index (Phi) is 3.87. The van der Waals surface area contributed by atoms with E-state index in [-0.39, 0.29) is 11.4 Å². The van der Waals surface area contributed by atoms with Crippen LogP contribution in [0.2, 0.25) is 0 Å².